The molecule has 0 heterocycles. The summed E-state index contributed by atoms with van der Waals surface area (Å²) in [6, 6.07) is 0. The molecule has 2 fully saturated rings. The van der Waals surface area contributed by atoms with Gasteiger partial charge < -0.3 is 5.11 Å². The maximum atomic E-state index is 11.3. The third kappa shape index (κ3) is 5.36. The van der Waals surface area contributed by atoms with Crippen molar-refractivity contribution in [2.75, 3.05) is 0 Å². The molecule has 2 heteroatoms. The number of hydrogen-bond donors (Lipinski definition) is 1. The fourth-order valence-corrected chi connectivity index (χ4v) is 5.10. The highest BCUT2D eigenvalue weighted by atomic mass is 16.4. The molecule has 0 aromatic carbocycles. The summed E-state index contributed by atoms with van der Waals surface area (Å²) >= 11 is 0. The minimum absolute atomic E-state index is 0.326. The highest BCUT2D eigenvalue weighted by molar-refractivity contribution is 5.72. The molecule has 1 unspecified atom stereocenters. The number of rotatable bonds is 8. The summed E-state index contributed by atoms with van der Waals surface area (Å²) in [6.45, 7) is 6.01. The quantitative estimate of drug-likeness (QED) is 0.435. The van der Waals surface area contributed by atoms with Crippen molar-refractivity contribution >= 4 is 5.97 Å². The smallest absolute Gasteiger partial charge is 0.310 e. The lowest BCUT2D eigenvalue weighted by Gasteiger charge is -2.38. The van der Waals surface area contributed by atoms with Crippen LogP contribution in [0.3, 0.4) is 0 Å². The lowest BCUT2D eigenvalue weighted by molar-refractivity contribution is -0.142. The van der Waals surface area contributed by atoms with E-state index < -0.39 is 5.97 Å². The second-order valence-electron chi connectivity index (χ2n) is 8.05. The number of hydrogen-bond acceptors (Lipinski definition) is 1. The number of carboxylic acids is 1. The molecule has 0 aliphatic heterocycles. The van der Waals surface area contributed by atoms with Crippen LogP contribution in [0.4, 0.5) is 0 Å². The van der Waals surface area contributed by atoms with Crippen LogP contribution in [0.1, 0.15) is 84.0 Å². The zero-order chi connectivity index (χ0) is 16.7. The molecule has 2 aliphatic carbocycles. The Morgan fingerprint density at radius 1 is 1.04 bits per heavy atom. The molecule has 1 atom stereocenters. The normalized spacial score (nSPS) is 33.1. The van der Waals surface area contributed by atoms with Crippen LogP contribution in [0, 0.1) is 29.6 Å². The second kappa shape index (κ2) is 9.49. The number of carbonyl (C=O) groups is 1. The van der Waals surface area contributed by atoms with Crippen molar-refractivity contribution in [1.82, 2.24) is 0 Å². The molecule has 0 aromatic rings. The van der Waals surface area contributed by atoms with Gasteiger partial charge in [0.2, 0.25) is 0 Å². The first-order valence-electron chi connectivity index (χ1n) is 10.0. The average molecular weight is 321 g/mol. The van der Waals surface area contributed by atoms with E-state index in [4.69, 9.17) is 0 Å². The van der Waals surface area contributed by atoms with Gasteiger partial charge in [-0.15, -0.1) is 6.58 Å². The Bertz CT molecular complexity index is 360. The lowest BCUT2D eigenvalue weighted by Crippen LogP contribution is -2.30. The maximum Gasteiger partial charge on any atom is 0.310 e. The SMILES string of the molecule is C=CC(C(=O)O)[C@H]1CC[C@H]([C@H]2CC[C@H](CCCCC)CC2)CC1. The van der Waals surface area contributed by atoms with Gasteiger partial charge in [-0.05, 0) is 62.2 Å². The van der Waals surface area contributed by atoms with E-state index in [0.29, 0.717) is 5.92 Å². The van der Waals surface area contributed by atoms with Crippen molar-refractivity contribution in [3.63, 3.8) is 0 Å². The Labute approximate surface area is 142 Å². The molecule has 23 heavy (non-hydrogen) atoms. The van der Waals surface area contributed by atoms with Crippen molar-refractivity contribution in [2.45, 2.75) is 84.0 Å². The largest absolute Gasteiger partial charge is 0.481 e. The van der Waals surface area contributed by atoms with Crippen molar-refractivity contribution in [3.05, 3.63) is 12.7 Å². The minimum Gasteiger partial charge on any atom is -0.481 e. The van der Waals surface area contributed by atoms with E-state index in [1.165, 1.54) is 64.2 Å². The summed E-state index contributed by atoms with van der Waals surface area (Å²) < 4.78 is 0. The summed E-state index contributed by atoms with van der Waals surface area (Å²) in [5, 5.41) is 9.29. The van der Waals surface area contributed by atoms with E-state index in [1.54, 1.807) is 6.08 Å². The molecule has 2 saturated carbocycles. The van der Waals surface area contributed by atoms with Crippen LogP contribution in [0.25, 0.3) is 0 Å². The maximum absolute atomic E-state index is 11.3. The third-order valence-electron chi connectivity index (χ3n) is 6.64. The molecule has 0 saturated heterocycles. The first kappa shape index (κ1) is 18.5. The number of carboxylic acid groups (broad SMARTS) is 1. The van der Waals surface area contributed by atoms with Crippen molar-refractivity contribution in [2.24, 2.45) is 29.6 Å². The Morgan fingerprint density at radius 2 is 1.61 bits per heavy atom. The fourth-order valence-electron chi connectivity index (χ4n) is 5.10. The van der Waals surface area contributed by atoms with Crippen LogP contribution < -0.4 is 0 Å². The molecule has 0 aromatic heterocycles. The fraction of sp³-hybridized carbons (Fsp3) is 0.857. The molecule has 0 radical (unpaired) electrons. The molecule has 0 spiro atoms. The van der Waals surface area contributed by atoms with Crippen LogP contribution in [0.5, 0.6) is 0 Å². The molecule has 2 nitrogen and oxygen atoms in total. The van der Waals surface area contributed by atoms with Gasteiger partial charge in [0, 0.05) is 0 Å². The second-order valence-corrected chi connectivity index (χ2v) is 8.05. The van der Waals surface area contributed by atoms with Crippen LogP contribution >= 0.6 is 0 Å². The van der Waals surface area contributed by atoms with E-state index in [1.807, 2.05) is 0 Å². The zero-order valence-electron chi connectivity index (χ0n) is 15.0. The first-order valence-corrected chi connectivity index (χ1v) is 10.0. The molecular formula is C21H36O2. The predicted molar refractivity (Wildman–Crippen MR) is 96.4 cm³/mol. The van der Waals surface area contributed by atoms with Crippen LogP contribution in [0.15, 0.2) is 12.7 Å². The van der Waals surface area contributed by atoms with E-state index in [-0.39, 0.29) is 5.92 Å². The summed E-state index contributed by atoms with van der Waals surface area (Å²) in [5.74, 6) is 2.09. The highest BCUT2D eigenvalue weighted by Gasteiger charge is 2.34. The minimum atomic E-state index is -0.684. The first-order chi connectivity index (χ1) is 11.2. The van der Waals surface area contributed by atoms with E-state index in [0.717, 1.165) is 30.6 Å². The third-order valence-corrected chi connectivity index (χ3v) is 6.64. The van der Waals surface area contributed by atoms with Crippen LogP contribution in [-0.4, -0.2) is 11.1 Å². The van der Waals surface area contributed by atoms with E-state index in [9.17, 15) is 9.90 Å². The summed E-state index contributed by atoms with van der Waals surface area (Å²) in [5.41, 5.74) is 0. The Kier molecular flexibility index (Phi) is 7.65. The summed E-state index contributed by atoms with van der Waals surface area (Å²) in [4.78, 5) is 11.3. The lowest BCUT2D eigenvalue weighted by atomic mass is 9.67. The monoisotopic (exact) mass is 320 g/mol. The number of aliphatic carboxylic acids is 1. The van der Waals surface area contributed by atoms with Gasteiger partial charge in [0.15, 0.2) is 0 Å². The number of unbranched alkanes of at least 4 members (excludes halogenated alkanes) is 2. The zero-order valence-corrected chi connectivity index (χ0v) is 15.0. The van der Waals surface area contributed by atoms with Crippen LogP contribution in [0.2, 0.25) is 0 Å². The Hall–Kier alpha value is -0.790. The van der Waals surface area contributed by atoms with Crippen molar-refractivity contribution < 1.29 is 9.90 Å². The summed E-state index contributed by atoms with van der Waals surface area (Å²) in [7, 11) is 0. The van der Waals surface area contributed by atoms with Gasteiger partial charge in [0.1, 0.15) is 0 Å². The van der Waals surface area contributed by atoms with Gasteiger partial charge in [-0.1, -0.05) is 51.5 Å². The highest BCUT2D eigenvalue weighted by Crippen LogP contribution is 2.43. The van der Waals surface area contributed by atoms with E-state index in [2.05, 4.69) is 13.5 Å². The molecule has 0 amide bonds. The van der Waals surface area contributed by atoms with Gasteiger partial charge in [-0.3, -0.25) is 4.79 Å². The van der Waals surface area contributed by atoms with Gasteiger partial charge in [-0.25, -0.2) is 0 Å². The van der Waals surface area contributed by atoms with Crippen molar-refractivity contribution in [3.8, 4) is 0 Å². The molecule has 2 aliphatic rings. The van der Waals surface area contributed by atoms with Gasteiger partial charge in [0.05, 0.1) is 5.92 Å². The van der Waals surface area contributed by atoms with Gasteiger partial charge in [0.25, 0.3) is 0 Å². The Morgan fingerprint density at radius 3 is 2.09 bits per heavy atom. The van der Waals surface area contributed by atoms with Crippen LogP contribution in [-0.2, 0) is 4.79 Å². The molecule has 0 bridgehead atoms. The summed E-state index contributed by atoms with van der Waals surface area (Å²) in [6.07, 6.45) is 17.7. The average Bonchev–Trinajstić information content (AvgIpc) is 2.57. The predicted octanol–water partition coefficient (Wildman–Crippen LogP) is 6.07. The standard InChI is InChI=1S/C21H36O2/c1-3-5-6-7-16-8-10-17(11-9-16)18-12-14-19(15-13-18)20(4-2)21(22)23/h4,16-20H,2-3,5-15H2,1H3,(H,22,23)/t16-,17-,18-,19-,20?. The molecule has 2 rings (SSSR count). The Balaban J connectivity index is 1.70. The van der Waals surface area contributed by atoms with Crippen molar-refractivity contribution in [1.29, 1.82) is 0 Å². The molecule has 132 valence electrons. The molecular weight excluding hydrogens is 284 g/mol. The molecule has 1 N–H and O–H groups in total. The van der Waals surface area contributed by atoms with E-state index >= 15 is 0 Å². The van der Waals surface area contributed by atoms with Gasteiger partial charge in [-0.2, -0.15) is 0 Å². The van der Waals surface area contributed by atoms with Gasteiger partial charge >= 0.3 is 5.97 Å². The topological polar surface area (TPSA) is 37.3 Å².